The number of nitrogens with one attached hydrogen (secondary N) is 11. The molecule has 2 aliphatic rings. The number of hydrogen-bond donors (Lipinski definition) is 19. The number of aliphatic carboxylic acids is 1. The first kappa shape index (κ1) is 96.8. The number of carbonyl (C=O) groups excluding carboxylic acids is 13. The number of phenols is 2. The minimum Gasteiger partial charge on any atom is -0.508 e. The molecule has 14 atom stereocenters. The lowest BCUT2D eigenvalue weighted by atomic mass is 9.99. The van der Waals surface area contributed by atoms with Crippen molar-refractivity contribution in [1.29, 1.82) is 0 Å². The van der Waals surface area contributed by atoms with Gasteiger partial charge in [-0.05, 0) is 222 Å². The van der Waals surface area contributed by atoms with Crippen LogP contribution in [0.4, 0.5) is 0 Å². The van der Waals surface area contributed by atoms with Crippen molar-refractivity contribution >= 4 is 82.8 Å². The predicted octanol–water partition coefficient (Wildman–Crippen LogP) is -0.676. The maximum atomic E-state index is 15.0. The molecule has 0 spiro atoms. The third-order valence-electron chi connectivity index (χ3n) is 19.9. The van der Waals surface area contributed by atoms with Crippen LogP contribution in [0.5, 0.6) is 11.5 Å². The molecule has 35 nitrogen and oxygen atoms in total. The van der Waals surface area contributed by atoms with Crippen molar-refractivity contribution in [3.05, 3.63) is 59.7 Å². The summed E-state index contributed by atoms with van der Waals surface area (Å²) in [7, 11) is 0. The monoisotopic (exact) mass is 1600 g/mol. The highest BCUT2D eigenvalue weighted by atomic mass is 16.4. The first-order valence-corrected chi connectivity index (χ1v) is 40.3. The summed E-state index contributed by atoms with van der Waals surface area (Å²) in [6, 6.07) is -5.44. The van der Waals surface area contributed by atoms with E-state index in [9.17, 15) is 77.6 Å². The van der Waals surface area contributed by atoms with Gasteiger partial charge in [-0.3, -0.25) is 62.3 Å². The van der Waals surface area contributed by atoms with Gasteiger partial charge in [-0.25, -0.2) is 4.79 Å². The van der Waals surface area contributed by atoms with Gasteiger partial charge in [0.15, 0.2) is 0 Å². The average molecular weight is 1600 g/mol. The van der Waals surface area contributed by atoms with Crippen molar-refractivity contribution in [2.45, 2.75) is 282 Å². The molecule has 24 N–H and O–H groups in total. The normalized spacial score (nSPS) is 17.2. The molecule has 2 heterocycles. The largest absolute Gasteiger partial charge is 0.508 e. The average Bonchev–Trinajstić information content (AvgIpc) is 1.60. The molecule has 2 saturated heterocycles. The Hall–Kier alpha value is -9.58. The van der Waals surface area contributed by atoms with E-state index >= 15 is 4.79 Å². The quantitative estimate of drug-likeness (QED) is 0.0365. The zero-order valence-electron chi connectivity index (χ0n) is 67.9. The summed E-state index contributed by atoms with van der Waals surface area (Å²) >= 11 is 0. The van der Waals surface area contributed by atoms with Crippen LogP contribution in [0.25, 0.3) is 0 Å². The van der Waals surface area contributed by atoms with Crippen LogP contribution in [0.3, 0.4) is 0 Å². The zero-order chi connectivity index (χ0) is 84.9. The van der Waals surface area contributed by atoms with Gasteiger partial charge in [-0.1, -0.05) is 65.8 Å². The Morgan fingerprint density at radius 2 is 0.632 bits per heavy atom. The number of nitrogens with zero attached hydrogens (tertiary/aromatic N) is 2. The van der Waals surface area contributed by atoms with Crippen LogP contribution >= 0.6 is 0 Å². The maximum Gasteiger partial charge on any atom is 0.326 e. The highest BCUT2D eigenvalue weighted by Gasteiger charge is 2.43. The van der Waals surface area contributed by atoms with Crippen molar-refractivity contribution in [1.82, 2.24) is 68.3 Å². The fourth-order valence-corrected chi connectivity index (χ4v) is 13.6. The molecule has 0 saturated carbocycles. The van der Waals surface area contributed by atoms with E-state index in [0.29, 0.717) is 81.9 Å². The Morgan fingerprint density at radius 1 is 0.360 bits per heavy atom. The van der Waals surface area contributed by atoms with E-state index in [4.69, 9.17) is 28.7 Å². The number of benzene rings is 2. The predicted molar refractivity (Wildman–Crippen MR) is 427 cm³/mol. The summed E-state index contributed by atoms with van der Waals surface area (Å²) in [4.78, 5) is 200. The van der Waals surface area contributed by atoms with Crippen molar-refractivity contribution in [3.63, 3.8) is 0 Å². The molecular weight excluding hydrogens is 1470 g/mol. The Balaban J connectivity index is 1.54. The van der Waals surface area contributed by atoms with Crippen LogP contribution in [-0.2, 0) is 80.0 Å². The van der Waals surface area contributed by atoms with Crippen molar-refractivity contribution in [2.75, 3.05) is 39.3 Å². The highest BCUT2D eigenvalue weighted by molar-refractivity contribution is 6.00. The van der Waals surface area contributed by atoms with Gasteiger partial charge in [0.2, 0.25) is 76.8 Å². The molecule has 0 unspecified atom stereocenters. The molecular formula is C79H130N18O17. The fraction of sp³-hybridized carbons (Fsp3) is 0.671. The molecule has 0 aromatic heterocycles. The van der Waals surface area contributed by atoms with Crippen LogP contribution in [0, 0.1) is 17.8 Å². The molecule has 2 fully saturated rings. The first-order valence-electron chi connectivity index (χ1n) is 40.3. The Bertz CT molecular complexity index is 3480. The smallest absolute Gasteiger partial charge is 0.326 e. The lowest BCUT2D eigenvalue weighted by Gasteiger charge is -2.31. The van der Waals surface area contributed by atoms with E-state index in [0.717, 1.165) is 0 Å². The number of carbonyl (C=O) groups is 14. The molecule has 13 amide bonds. The summed E-state index contributed by atoms with van der Waals surface area (Å²) in [6.45, 7) is 16.4. The number of hydrogen-bond acceptors (Lipinski definition) is 21. The molecule has 0 aliphatic carbocycles. The minimum atomic E-state index is -1.39. The van der Waals surface area contributed by atoms with Crippen LogP contribution < -0.4 is 87.2 Å². The molecule has 114 heavy (non-hydrogen) atoms. The van der Waals surface area contributed by atoms with E-state index in [1.54, 1.807) is 24.3 Å². The van der Waals surface area contributed by atoms with E-state index in [2.05, 4.69) is 58.5 Å². The number of likely N-dealkylation sites (tertiary alicyclic amines) is 2. The zero-order valence-corrected chi connectivity index (χ0v) is 67.9. The molecule has 0 radical (unpaired) electrons. The third kappa shape index (κ3) is 33.1. The minimum absolute atomic E-state index is 0.0262. The molecule has 35 heteroatoms. The third-order valence-corrected chi connectivity index (χ3v) is 19.9. The van der Waals surface area contributed by atoms with Crippen molar-refractivity contribution in [2.24, 2.45) is 46.4 Å². The van der Waals surface area contributed by atoms with E-state index < -0.39 is 167 Å². The SMILES string of the molecule is CC(C)C[C@H](NC(=O)[C@H](CCCCN)NC(=O)[C@H](C)N)C(=O)N[C@H](CCCCN)C(=O)N[C@@H](C)C(=O)N[C@@H](Cc1ccc(O)cc1)C(=O)N1CCC[C@H]1C(=O)N[C@@H](CC(C)C)C(=O)N[C@@H](CCCCN)C(=O)N[C@@H](C)C(=O)N[C@@H](CCCCN)C(=O)N[C@@H](CC(C)C)C(=O)N[C@H](Cc1ccc(O)cc1)C(=O)N1CCC[C@H]1C(=O)O. The first-order chi connectivity index (χ1) is 54.0. The number of aromatic hydroxyl groups is 2. The van der Waals surface area contributed by atoms with E-state index in [1.165, 1.54) is 54.8 Å². The number of carboxylic acids is 1. The number of phenolic OH excluding ortho intramolecular Hbond substituents is 2. The van der Waals surface area contributed by atoms with Gasteiger partial charge in [-0.2, -0.15) is 0 Å². The van der Waals surface area contributed by atoms with Gasteiger partial charge in [0, 0.05) is 25.9 Å². The number of unbranched alkanes of at least 4 members (excludes halogenated alkanes) is 4. The topological polar surface area (TPSA) is 569 Å². The Kier molecular flexibility index (Phi) is 42.4. The lowest BCUT2D eigenvalue weighted by Crippen LogP contribution is -2.60. The maximum absolute atomic E-state index is 15.0. The number of nitrogens with two attached hydrogens (primary N) is 5. The van der Waals surface area contributed by atoms with Crippen molar-refractivity contribution in [3.8, 4) is 11.5 Å². The molecule has 4 rings (SSSR count). The van der Waals surface area contributed by atoms with E-state index in [1.807, 2.05) is 41.5 Å². The highest BCUT2D eigenvalue weighted by Crippen LogP contribution is 2.24. The van der Waals surface area contributed by atoms with Gasteiger partial charge in [0.05, 0.1) is 6.04 Å². The molecule has 2 aliphatic heterocycles. The summed E-state index contributed by atoms with van der Waals surface area (Å²) in [6.07, 6.45) is 4.88. The number of carboxylic acid groups (broad SMARTS) is 1. The van der Waals surface area contributed by atoms with E-state index in [-0.39, 0.29) is 133 Å². The second-order valence-corrected chi connectivity index (χ2v) is 31.3. The van der Waals surface area contributed by atoms with Crippen LogP contribution in [0.1, 0.15) is 195 Å². The standard InChI is InChI=1S/C79H130N18O17/c1-45(2)40-59(91-71(105)57(22-12-16-36-82)87-66(100)48(7)84)73(107)89-55(20-10-14-34-80)70(104)86-50(9)68(102)94-62(43-51-26-30-53(98)31-27-51)77(111)96-38-18-24-64(96)76(110)93-61(42-47(5)6)74(108)90-56(21-11-15-35-81)69(103)85-49(8)67(101)88-58(23-13-17-37-83)72(106)92-60(41-46(3)4)75(109)95-63(44-52-28-32-54(99)33-29-52)78(112)97-39-19-25-65(97)79(113)114/h26-33,45-50,55-65,98-99H,10-25,34-44,80-84H2,1-9H3,(H,85,103)(H,86,104)(H,87,100)(H,88,101)(H,89,107)(H,90,108)(H,91,105)(H,92,106)(H,93,110)(H,94,102)(H,95,109)(H,113,114)/t48-,49-,50-,55+,56-,57-,58-,59-,60-,61-,62-,63+,64-,65-/m0/s1. The second-order valence-electron chi connectivity index (χ2n) is 31.3. The van der Waals surface area contributed by atoms with Crippen LogP contribution in [-0.4, -0.2) is 232 Å². The number of amides is 13. The van der Waals surface area contributed by atoms with Gasteiger partial charge in [-0.15, -0.1) is 0 Å². The Labute approximate surface area is 669 Å². The molecule has 0 bridgehead atoms. The molecule has 638 valence electrons. The van der Waals surface area contributed by atoms with Crippen LogP contribution in [0.15, 0.2) is 48.5 Å². The summed E-state index contributed by atoms with van der Waals surface area (Å²) in [5.41, 5.74) is 30.1. The summed E-state index contributed by atoms with van der Waals surface area (Å²) in [5.74, 6) is -11.4. The van der Waals surface area contributed by atoms with Crippen molar-refractivity contribution < 1.29 is 82.4 Å². The fourth-order valence-electron chi connectivity index (χ4n) is 13.6. The second kappa shape index (κ2) is 49.9. The molecule has 2 aromatic carbocycles. The Morgan fingerprint density at radius 3 is 0.956 bits per heavy atom. The van der Waals surface area contributed by atoms with Crippen LogP contribution in [0.2, 0.25) is 0 Å². The lowest BCUT2D eigenvalue weighted by molar-refractivity contribution is -0.149. The number of rotatable bonds is 51. The van der Waals surface area contributed by atoms with Gasteiger partial charge in [0.25, 0.3) is 0 Å². The van der Waals surface area contributed by atoms with Gasteiger partial charge in [0.1, 0.15) is 90.0 Å². The van der Waals surface area contributed by atoms with Gasteiger partial charge < -0.3 is 112 Å². The summed E-state index contributed by atoms with van der Waals surface area (Å²) < 4.78 is 0. The summed E-state index contributed by atoms with van der Waals surface area (Å²) in [5, 5.41) is 60.1. The van der Waals surface area contributed by atoms with Gasteiger partial charge >= 0.3 is 5.97 Å². The molecule has 2 aromatic rings.